The third-order valence-corrected chi connectivity index (χ3v) is 4.56. The number of hydrogen-bond donors (Lipinski definition) is 2. The highest BCUT2D eigenvalue weighted by atomic mass is 16.6. The van der Waals surface area contributed by atoms with Crippen molar-refractivity contribution in [2.45, 2.75) is 44.6 Å². The first-order valence-electron chi connectivity index (χ1n) is 9.00. The summed E-state index contributed by atoms with van der Waals surface area (Å²) in [6, 6.07) is 6.19. The average molecular weight is 341 g/mol. The minimum atomic E-state index is 0.439. The molecule has 0 unspecified atom stereocenters. The predicted octanol–water partition coefficient (Wildman–Crippen LogP) is 3.52. The largest absolute Gasteiger partial charge is 0.486 e. The van der Waals surface area contributed by atoms with Crippen molar-refractivity contribution < 1.29 is 9.47 Å². The van der Waals surface area contributed by atoms with Gasteiger partial charge in [0.15, 0.2) is 17.3 Å². The molecule has 2 aliphatic rings. The number of hydrogen-bond acceptors (Lipinski definition) is 7. The second-order valence-corrected chi connectivity index (χ2v) is 6.48. The lowest BCUT2D eigenvalue weighted by molar-refractivity contribution is 0.171. The van der Waals surface area contributed by atoms with Gasteiger partial charge in [-0.3, -0.25) is 0 Å². The monoisotopic (exact) mass is 341 g/mol. The van der Waals surface area contributed by atoms with Crippen LogP contribution < -0.4 is 20.1 Å². The molecule has 25 heavy (non-hydrogen) atoms. The van der Waals surface area contributed by atoms with Gasteiger partial charge in [0.1, 0.15) is 13.2 Å². The smallest absolute Gasteiger partial charge is 0.244 e. The van der Waals surface area contributed by atoms with Crippen LogP contribution in [0.5, 0.6) is 11.5 Å². The summed E-state index contributed by atoms with van der Waals surface area (Å²) in [5.74, 6) is 2.75. The van der Waals surface area contributed by atoms with Gasteiger partial charge < -0.3 is 20.1 Å². The van der Waals surface area contributed by atoms with Crippen LogP contribution in [0.1, 0.15) is 38.5 Å². The van der Waals surface area contributed by atoms with E-state index in [-0.39, 0.29) is 0 Å². The van der Waals surface area contributed by atoms with Crippen LogP contribution in [-0.4, -0.2) is 34.4 Å². The minimum absolute atomic E-state index is 0.439. The molecule has 7 heteroatoms. The number of nitrogens with one attached hydrogen (secondary N) is 2. The first-order valence-corrected chi connectivity index (χ1v) is 9.00. The van der Waals surface area contributed by atoms with Crippen LogP contribution in [0.3, 0.4) is 0 Å². The summed E-state index contributed by atoms with van der Waals surface area (Å²) >= 11 is 0. The van der Waals surface area contributed by atoms with Crippen LogP contribution in [0.25, 0.3) is 0 Å². The summed E-state index contributed by atoms with van der Waals surface area (Å²) in [7, 11) is 0. The van der Waals surface area contributed by atoms with Gasteiger partial charge in [-0.1, -0.05) is 25.7 Å². The van der Waals surface area contributed by atoms with Crippen LogP contribution in [0.2, 0.25) is 0 Å². The maximum Gasteiger partial charge on any atom is 0.244 e. The Morgan fingerprint density at radius 3 is 2.60 bits per heavy atom. The zero-order chi connectivity index (χ0) is 16.9. The Morgan fingerprint density at radius 1 is 0.960 bits per heavy atom. The van der Waals surface area contributed by atoms with E-state index in [2.05, 4.69) is 25.8 Å². The Morgan fingerprint density at radius 2 is 1.76 bits per heavy atom. The lowest BCUT2D eigenvalue weighted by atomic mass is 10.1. The number of fused-ring (bicyclic) bond motifs is 1. The molecule has 7 nitrogen and oxygen atoms in total. The van der Waals surface area contributed by atoms with Crippen LogP contribution in [0, 0.1) is 0 Å². The van der Waals surface area contributed by atoms with Crippen molar-refractivity contribution in [3.05, 3.63) is 24.4 Å². The molecule has 2 aromatic rings. The average Bonchev–Trinajstić information content (AvgIpc) is 2.91. The van der Waals surface area contributed by atoms with Crippen LogP contribution in [0.4, 0.5) is 17.5 Å². The van der Waals surface area contributed by atoms with Crippen LogP contribution in [-0.2, 0) is 0 Å². The number of nitrogens with zero attached hydrogens (tertiary/aromatic N) is 3. The molecule has 2 N–H and O–H groups in total. The third kappa shape index (κ3) is 4.10. The summed E-state index contributed by atoms with van der Waals surface area (Å²) in [5, 5.41) is 14.9. The molecule has 1 fully saturated rings. The van der Waals surface area contributed by atoms with Crippen molar-refractivity contribution in [2.75, 3.05) is 23.8 Å². The highest BCUT2D eigenvalue weighted by Crippen LogP contribution is 2.33. The van der Waals surface area contributed by atoms with E-state index in [4.69, 9.17) is 9.47 Å². The lowest BCUT2D eigenvalue weighted by Gasteiger charge is -2.19. The molecular formula is C18H23N5O2. The quantitative estimate of drug-likeness (QED) is 0.823. The molecule has 0 bridgehead atoms. The number of aromatic nitrogens is 3. The second kappa shape index (κ2) is 7.55. The number of anilines is 3. The fraction of sp³-hybridized carbons (Fsp3) is 0.500. The third-order valence-electron chi connectivity index (χ3n) is 4.56. The molecule has 1 aromatic carbocycles. The van der Waals surface area contributed by atoms with E-state index in [1.165, 1.54) is 38.5 Å². The molecule has 4 rings (SSSR count). The highest BCUT2D eigenvalue weighted by Gasteiger charge is 2.14. The van der Waals surface area contributed by atoms with E-state index in [1.807, 2.05) is 18.2 Å². The van der Waals surface area contributed by atoms with Crippen molar-refractivity contribution in [1.29, 1.82) is 0 Å². The van der Waals surface area contributed by atoms with E-state index in [0.29, 0.717) is 31.0 Å². The molecule has 0 radical (unpaired) electrons. The Labute approximate surface area is 147 Å². The van der Waals surface area contributed by atoms with Crippen molar-refractivity contribution >= 4 is 17.5 Å². The van der Waals surface area contributed by atoms with Gasteiger partial charge in [-0.05, 0) is 25.0 Å². The summed E-state index contributed by atoms with van der Waals surface area (Å²) in [4.78, 5) is 4.54. The Hall–Kier alpha value is -2.57. The first-order chi connectivity index (χ1) is 12.4. The molecule has 0 spiro atoms. The zero-order valence-corrected chi connectivity index (χ0v) is 14.2. The van der Waals surface area contributed by atoms with Crippen molar-refractivity contribution in [3.63, 3.8) is 0 Å². The van der Waals surface area contributed by atoms with E-state index >= 15 is 0 Å². The molecule has 1 saturated carbocycles. The SMILES string of the molecule is c1cc2c(cc1Nc1cnnc(NC3CCCCCC3)n1)OCCO2. The van der Waals surface area contributed by atoms with Crippen LogP contribution in [0.15, 0.2) is 24.4 Å². The van der Waals surface area contributed by atoms with Gasteiger partial charge >= 0.3 is 0 Å². The molecule has 1 aromatic heterocycles. The van der Waals surface area contributed by atoms with Crippen molar-refractivity contribution in [2.24, 2.45) is 0 Å². The molecule has 1 aliphatic carbocycles. The minimum Gasteiger partial charge on any atom is -0.486 e. The Bertz CT molecular complexity index is 716. The topological polar surface area (TPSA) is 81.2 Å². The Kier molecular flexibility index (Phi) is 4.81. The normalized spacial score (nSPS) is 17.6. The van der Waals surface area contributed by atoms with Crippen molar-refractivity contribution in [3.8, 4) is 11.5 Å². The maximum atomic E-state index is 5.61. The first kappa shape index (κ1) is 15.9. The van der Waals surface area contributed by atoms with Gasteiger partial charge in [-0.2, -0.15) is 10.1 Å². The maximum absolute atomic E-state index is 5.61. The van der Waals surface area contributed by atoms with E-state index in [1.54, 1.807) is 6.20 Å². The number of rotatable bonds is 4. The van der Waals surface area contributed by atoms with Gasteiger partial charge in [0.25, 0.3) is 0 Å². The molecule has 0 saturated heterocycles. The highest BCUT2D eigenvalue weighted by molar-refractivity contribution is 5.61. The number of benzene rings is 1. The van der Waals surface area contributed by atoms with E-state index < -0.39 is 0 Å². The van der Waals surface area contributed by atoms with Crippen LogP contribution >= 0.6 is 0 Å². The van der Waals surface area contributed by atoms with Gasteiger partial charge in [0, 0.05) is 17.8 Å². The zero-order valence-electron chi connectivity index (χ0n) is 14.2. The second-order valence-electron chi connectivity index (χ2n) is 6.48. The molecule has 2 heterocycles. The standard InChI is InChI=1S/C18H23N5O2/c1-2-4-6-13(5-3-1)21-18-22-17(12-19-23-18)20-14-7-8-15-16(11-14)25-10-9-24-15/h7-8,11-13H,1-6,9-10H2,(H2,20,21,22,23). The van der Waals surface area contributed by atoms with Gasteiger partial charge in [-0.25, -0.2) is 0 Å². The van der Waals surface area contributed by atoms with Gasteiger partial charge in [0.2, 0.25) is 5.95 Å². The fourth-order valence-electron chi connectivity index (χ4n) is 3.30. The summed E-state index contributed by atoms with van der Waals surface area (Å²) in [6.45, 7) is 1.16. The lowest BCUT2D eigenvalue weighted by Crippen LogP contribution is -2.20. The molecule has 0 amide bonds. The molecule has 132 valence electrons. The summed E-state index contributed by atoms with van der Waals surface area (Å²) in [6.07, 6.45) is 9.13. The van der Waals surface area contributed by atoms with E-state index in [0.717, 1.165) is 17.2 Å². The number of ether oxygens (including phenoxy) is 2. The predicted molar refractivity (Wildman–Crippen MR) is 95.7 cm³/mol. The van der Waals surface area contributed by atoms with Gasteiger partial charge in [0.05, 0.1) is 6.20 Å². The van der Waals surface area contributed by atoms with Gasteiger partial charge in [-0.15, -0.1) is 5.10 Å². The molecular weight excluding hydrogens is 318 g/mol. The molecule has 1 aliphatic heterocycles. The molecule has 0 atom stereocenters. The fourth-order valence-corrected chi connectivity index (χ4v) is 3.30. The summed E-state index contributed by atoms with van der Waals surface area (Å²) < 4.78 is 11.2. The summed E-state index contributed by atoms with van der Waals surface area (Å²) in [5.41, 5.74) is 0.880. The van der Waals surface area contributed by atoms with E-state index in [9.17, 15) is 0 Å². The van der Waals surface area contributed by atoms with Crippen molar-refractivity contribution in [1.82, 2.24) is 15.2 Å². The Balaban J connectivity index is 1.44.